The third-order valence-corrected chi connectivity index (χ3v) is 3.15. The van der Waals surface area contributed by atoms with Crippen molar-refractivity contribution in [3.8, 4) is 0 Å². The van der Waals surface area contributed by atoms with E-state index in [2.05, 4.69) is 20.9 Å². The summed E-state index contributed by atoms with van der Waals surface area (Å²) in [4.78, 5) is 17.8. The first kappa shape index (κ1) is 12.2. The van der Waals surface area contributed by atoms with Crippen LogP contribution in [0.5, 0.6) is 0 Å². The molecule has 0 fully saturated rings. The minimum Gasteiger partial charge on any atom is -0.338 e. The summed E-state index contributed by atoms with van der Waals surface area (Å²) in [6.07, 6.45) is 1.67. The van der Waals surface area contributed by atoms with Gasteiger partial charge in [-0.05, 0) is 48.3 Å². The van der Waals surface area contributed by atoms with Crippen LogP contribution in [-0.2, 0) is 0 Å². The van der Waals surface area contributed by atoms with Crippen LogP contribution < -0.4 is 0 Å². The number of hydrogen-bond acceptors (Lipinski definition) is 2. The van der Waals surface area contributed by atoms with Crippen LogP contribution in [0.1, 0.15) is 29.9 Å². The number of hydrogen-bond donors (Lipinski definition) is 0. The van der Waals surface area contributed by atoms with Crippen molar-refractivity contribution in [2.45, 2.75) is 20.8 Å². The average Bonchev–Trinajstić information content (AvgIpc) is 2.23. The van der Waals surface area contributed by atoms with Crippen molar-refractivity contribution in [3.63, 3.8) is 0 Å². The monoisotopic (exact) mass is 270 g/mol. The van der Waals surface area contributed by atoms with E-state index in [4.69, 9.17) is 0 Å². The zero-order valence-electron chi connectivity index (χ0n) is 9.25. The van der Waals surface area contributed by atoms with Crippen LogP contribution in [0.25, 0.3) is 0 Å². The minimum absolute atomic E-state index is 0.00407. The topological polar surface area (TPSA) is 33.2 Å². The molecule has 0 bridgehead atoms. The van der Waals surface area contributed by atoms with Crippen molar-refractivity contribution in [2.24, 2.45) is 0 Å². The number of carbonyl (C=O) groups excluding carboxylic acids is 1. The van der Waals surface area contributed by atoms with E-state index in [0.29, 0.717) is 18.8 Å². The number of rotatable bonds is 3. The summed E-state index contributed by atoms with van der Waals surface area (Å²) >= 11 is 3.36. The molecule has 3 nitrogen and oxygen atoms in total. The van der Waals surface area contributed by atoms with Crippen LogP contribution in [0.15, 0.2) is 16.7 Å². The van der Waals surface area contributed by atoms with E-state index in [0.717, 1.165) is 10.0 Å². The lowest BCUT2D eigenvalue weighted by Crippen LogP contribution is -2.31. The van der Waals surface area contributed by atoms with Gasteiger partial charge in [0.25, 0.3) is 5.91 Å². The fraction of sp³-hybridized carbons (Fsp3) is 0.455. The van der Waals surface area contributed by atoms with Crippen molar-refractivity contribution in [1.82, 2.24) is 9.88 Å². The van der Waals surface area contributed by atoms with Gasteiger partial charge in [0, 0.05) is 23.8 Å². The van der Waals surface area contributed by atoms with Crippen LogP contribution >= 0.6 is 15.9 Å². The first-order valence-electron chi connectivity index (χ1n) is 5.01. The van der Waals surface area contributed by atoms with Crippen LogP contribution in [-0.4, -0.2) is 28.9 Å². The average molecular weight is 271 g/mol. The largest absolute Gasteiger partial charge is 0.338 e. The Morgan fingerprint density at radius 2 is 2.07 bits per heavy atom. The highest BCUT2D eigenvalue weighted by Gasteiger charge is 2.14. The minimum atomic E-state index is -0.00407. The van der Waals surface area contributed by atoms with Gasteiger partial charge in [-0.25, -0.2) is 4.98 Å². The third-order valence-electron chi connectivity index (χ3n) is 2.32. The molecule has 1 amide bonds. The quantitative estimate of drug-likeness (QED) is 0.846. The van der Waals surface area contributed by atoms with Crippen molar-refractivity contribution in [3.05, 3.63) is 28.0 Å². The summed E-state index contributed by atoms with van der Waals surface area (Å²) in [6.45, 7) is 7.31. The number of pyridine rings is 1. The molecule has 0 aliphatic carbocycles. The van der Waals surface area contributed by atoms with Gasteiger partial charge in [-0.3, -0.25) is 4.79 Å². The van der Waals surface area contributed by atoms with Gasteiger partial charge in [0.15, 0.2) is 0 Å². The molecule has 0 radical (unpaired) electrons. The van der Waals surface area contributed by atoms with E-state index >= 15 is 0 Å². The van der Waals surface area contributed by atoms with E-state index in [1.54, 1.807) is 11.1 Å². The highest BCUT2D eigenvalue weighted by atomic mass is 79.9. The number of halogens is 1. The highest BCUT2D eigenvalue weighted by Crippen LogP contribution is 2.15. The van der Waals surface area contributed by atoms with Crippen molar-refractivity contribution in [2.75, 3.05) is 13.1 Å². The van der Waals surface area contributed by atoms with Gasteiger partial charge in [-0.1, -0.05) is 0 Å². The Labute approximate surface area is 98.6 Å². The number of carbonyl (C=O) groups is 1. The summed E-state index contributed by atoms with van der Waals surface area (Å²) < 4.78 is 0.929. The maximum absolute atomic E-state index is 11.9. The second-order valence-corrected chi connectivity index (χ2v) is 4.15. The first-order valence-corrected chi connectivity index (χ1v) is 5.80. The summed E-state index contributed by atoms with van der Waals surface area (Å²) in [5.41, 5.74) is 1.54. The molecule has 0 spiro atoms. The molecule has 4 heteroatoms. The fourth-order valence-electron chi connectivity index (χ4n) is 1.33. The molecular formula is C11H15BrN2O. The Hall–Kier alpha value is -0.900. The van der Waals surface area contributed by atoms with Crippen LogP contribution in [0, 0.1) is 6.92 Å². The van der Waals surface area contributed by atoms with E-state index < -0.39 is 0 Å². The molecule has 0 atom stereocenters. The van der Waals surface area contributed by atoms with Gasteiger partial charge in [-0.15, -0.1) is 0 Å². The van der Waals surface area contributed by atoms with Crippen molar-refractivity contribution < 1.29 is 4.79 Å². The number of aromatic nitrogens is 1. The predicted octanol–water partition coefficient (Wildman–Crippen LogP) is 2.63. The first-order chi connectivity index (χ1) is 7.10. The molecule has 1 aromatic rings. The lowest BCUT2D eigenvalue weighted by Gasteiger charge is -2.18. The Kier molecular flexibility index (Phi) is 4.27. The Morgan fingerprint density at radius 3 is 2.53 bits per heavy atom. The van der Waals surface area contributed by atoms with Crippen LogP contribution in [0.2, 0.25) is 0 Å². The molecule has 0 N–H and O–H groups in total. The predicted molar refractivity (Wildman–Crippen MR) is 63.9 cm³/mol. The molecule has 0 aliphatic heterocycles. The van der Waals surface area contributed by atoms with Gasteiger partial charge < -0.3 is 4.90 Å². The van der Waals surface area contributed by atoms with Crippen LogP contribution in [0.3, 0.4) is 0 Å². The molecule has 0 aliphatic rings. The van der Waals surface area contributed by atoms with Gasteiger partial charge in [0.05, 0.1) is 0 Å². The normalized spacial score (nSPS) is 10.1. The van der Waals surface area contributed by atoms with Crippen molar-refractivity contribution >= 4 is 21.8 Å². The molecule has 0 saturated heterocycles. The van der Waals surface area contributed by atoms with E-state index in [-0.39, 0.29) is 5.91 Å². The Balaban J connectivity index is 2.96. The molecule has 0 saturated carbocycles. The number of amides is 1. The smallest absolute Gasteiger partial charge is 0.272 e. The molecule has 0 unspecified atom stereocenters. The van der Waals surface area contributed by atoms with E-state index in [1.165, 1.54) is 0 Å². The summed E-state index contributed by atoms with van der Waals surface area (Å²) in [6, 6.07) is 1.81. The molecule has 1 aromatic heterocycles. The van der Waals surface area contributed by atoms with Crippen molar-refractivity contribution in [1.29, 1.82) is 0 Å². The Bertz CT molecular complexity index is 362. The van der Waals surface area contributed by atoms with E-state index in [9.17, 15) is 4.79 Å². The van der Waals surface area contributed by atoms with Gasteiger partial charge in [0.1, 0.15) is 5.69 Å². The summed E-state index contributed by atoms with van der Waals surface area (Å²) in [5, 5.41) is 0. The fourth-order valence-corrected chi connectivity index (χ4v) is 1.55. The zero-order chi connectivity index (χ0) is 11.4. The standard InChI is InChI=1S/C11H15BrN2O/c1-4-14(5-2)11(15)10-6-8(3)9(12)7-13-10/h6-7H,4-5H2,1-3H3. The van der Waals surface area contributed by atoms with Gasteiger partial charge >= 0.3 is 0 Å². The summed E-state index contributed by atoms with van der Waals surface area (Å²) in [7, 11) is 0. The summed E-state index contributed by atoms with van der Waals surface area (Å²) in [5.74, 6) is -0.00407. The molecule has 15 heavy (non-hydrogen) atoms. The highest BCUT2D eigenvalue weighted by molar-refractivity contribution is 9.10. The molecule has 82 valence electrons. The van der Waals surface area contributed by atoms with Gasteiger partial charge in [-0.2, -0.15) is 0 Å². The molecular weight excluding hydrogens is 256 g/mol. The maximum atomic E-state index is 11.9. The van der Waals surface area contributed by atoms with E-state index in [1.807, 2.05) is 26.8 Å². The van der Waals surface area contributed by atoms with Gasteiger partial charge in [0.2, 0.25) is 0 Å². The second-order valence-electron chi connectivity index (χ2n) is 3.30. The second kappa shape index (κ2) is 5.26. The molecule has 0 aromatic carbocycles. The zero-order valence-corrected chi connectivity index (χ0v) is 10.8. The lowest BCUT2D eigenvalue weighted by molar-refractivity contribution is 0.0767. The maximum Gasteiger partial charge on any atom is 0.272 e. The van der Waals surface area contributed by atoms with Crippen LogP contribution in [0.4, 0.5) is 0 Å². The Morgan fingerprint density at radius 1 is 1.47 bits per heavy atom. The lowest BCUT2D eigenvalue weighted by atomic mass is 10.2. The molecule has 1 rings (SSSR count). The SMILES string of the molecule is CCN(CC)C(=O)c1cc(C)c(Br)cn1. The number of aryl methyl sites for hydroxylation is 1. The molecule has 1 heterocycles. The third kappa shape index (κ3) is 2.78. The number of nitrogens with zero attached hydrogens (tertiary/aromatic N) is 2.